The van der Waals surface area contributed by atoms with Crippen LogP contribution in [0.15, 0.2) is 9.98 Å². The Morgan fingerprint density at radius 3 is 2.29 bits per heavy atom. The monoisotopic (exact) mass is 230 g/mol. The van der Waals surface area contributed by atoms with Gasteiger partial charge in [0.1, 0.15) is 5.02 Å². The Labute approximate surface area is 87.3 Å². The molecule has 14 heavy (non-hydrogen) atoms. The van der Waals surface area contributed by atoms with E-state index in [1.807, 2.05) is 0 Å². The van der Waals surface area contributed by atoms with E-state index in [2.05, 4.69) is 20.0 Å². The van der Waals surface area contributed by atoms with Crippen LogP contribution in [-0.2, 0) is 9.59 Å². The van der Waals surface area contributed by atoms with E-state index in [-0.39, 0.29) is 21.9 Å². The molecule has 1 rings (SSSR count). The molecule has 0 saturated heterocycles. The number of nitrogens with zero attached hydrogens (tertiary/aromatic N) is 4. The molecule has 0 spiro atoms. The van der Waals surface area contributed by atoms with Crippen LogP contribution < -0.4 is 0 Å². The molecule has 70 valence electrons. The highest BCUT2D eigenvalue weighted by atomic mass is 35.5. The van der Waals surface area contributed by atoms with Crippen LogP contribution in [0.4, 0.5) is 11.8 Å². The fraction of sp³-hybridized carbons (Fsp3) is 0. The zero-order chi connectivity index (χ0) is 10.6. The van der Waals surface area contributed by atoms with Crippen LogP contribution >= 0.6 is 23.2 Å². The number of hydrogen-bond acceptors (Lipinski definition) is 6. The van der Waals surface area contributed by atoms with E-state index in [1.165, 1.54) is 12.2 Å². The van der Waals surface area contributed by atoms with E-state index in [1.54, 1.807) is 0 Å². The molecule has 0 aliphatic heterocycles. The fourth-order valence-corrected chi connectivity index (χ4v) is 0.893. The van der Waals surface area contributed by atoms with Gasteiger partial charge in [-0.2, -0.15) is 9.97 Å². The second kappa shape index (κ2) is 4.60. The Morgan fingerprint density at radius 1 is 1.07 bits per heavy atom. The van der Waals surface area contributed by atoms with Crippen molar-refractivity contribution >= 4 is 47.1 Å². The average molecular weight is 231 g/mol. The summed E-state index contributed by atoms with van der Waals surface area (Å²) in [5, 5.41) is -0.274. The van der Waals surface area contributed by atoms with Crippen molar-refractivity contribution in [1.29, 1.82) is 0 Å². The topological polar surface area (TPSA) is 84.6 Å². The molecule has 0 N–H and O–H groups in total. The van der Waals surface area contributed by atoms with Gasteiger partial charge in [-0.15, -0.1) is 9.98 Å². The van der Waals surface area contributed by atoms with Crippen LogP contribution in [-0.4, -0.2) is 22.1 Å². The third kappa shape index (κ3) is 2.22. The molecule has 1 aromatic heterocycles. The lowest BCUT2D eigenvalue weighted by molar-refractivity contribution is 0.564. The van der Waals surface area contributed by atoms with Gasteiger partial charge in [0.05, 0.1) is 0 Å². The van der Waals surface area contributed by atoms with Crippen molar-refractivity contribution in [3.05, 3.63) is 10.2 Å². The van der Waals surface area contributed by atoms with Crippen LogP contribution in [0.1, 0.15) is 0 Å². The van der Waals surface area contributed by atoms with E-state index in [0.717, 1.165) is 0 Å². The standard InChI is InChI=1S/C6Cl2N4O2/c7-3-4(8)11-6(10-2-14)12-5(3)9-1-13. The lowest BCUT2D eigenvalue weighted by Crippen LogP contribution is -1.84. The molecular weight excluding hydrogens is 231 g/mol. The third-order valence-electron chi connectivity index (χ3n) is 1.08. The smallest absolute Gasteiger partial charge is 0.211 e. The summed E-state index contributed by atoms with van der Waals surface area (Å²) in [6.07, 6.45) is 2.43. The highest BCUT2D eigenvalue weighted by molar-refractivity contribution is 6.42. The first kappa shape index (κ1) is 10.5. The van der Waals surface area contributed by atoms with Gasteiger partial charge in [-0.25, -0.2) is 9.59 Å². The number of carbonyl (C=O) groups excluding carboxylic acids is 2. The van der Waals surface area contributed by atoms with Gasteiger partial charge >= 0.3 is 0 Å². The van der Waals surface area contributed by atoms with Gasteiger partial charge in [0.2, 0.25) is 12.2 Å². The number of hydrogen-bond donors (Lipinski definition) is 0. The molecule has 0 unspecified atom stereocenters. The van der Waals surface area contributed by atoms with Crippen molar-refractivity contribution in [2.75, 3.05) is 0 Å². The normalized spacial score (nSPS) is 8.71. The number of isocyanates is 2. The lowest BCUT2D eigenvalue weighted by Gasteiger charge is -1.97. The third-order valence-corrected chi connectivity index (χ3v) is 1.80. The van der Waals surface area contributed by atoms with Gasteiger partial charge in [0.15, 0.2) is 11.0 Å². The maximum absolute atomic E-state index is 9.95. The summed E-state index contributed by atoms with van der Waals surface area (Å²) >= 11 is 11.1. The van der Waals surface area contributed by atoms with E-state index >= 15 is 0 Å². The van der Waals surface area contributed by atoms with Gasteiger partial charge in [-0.1, -0.05) is 23.2 Å². The van der Waals surface area contributed by atoms with Crippen LogP contribution in [0.25, 0.3) is 0 Å². The zero-order valence-corrected chi connectivity index (χ0v) is 7.87. The van der Waals surface area contributed by atoms with Crippen molar-refractivity contribution in [2.45, 2.75) is 0 Å². The van der Waals surface area contributed by atoms with Gasteiger partial charge in [0.25, 0.3) is 5.95 Å². The van der Waals surface area contributed by atoms with Gasteiger partial charge in [-0.05, 0) is 0 Å². The minimum atomic E-state index is -0.275. The number of rotatable bonds is 2. The Balaban J connectivity index is 3.41. The summed E-state index contributed by atoms with van der Waals surface area (Å²) in [5.41, 5.74) is 0. The van der Waals surface area contributed by atoms with Gasteiger partial charge in [0, 0.05) is 0 Å². The van der Waals surface area contributed by atoms with Crippen LogP contribution in [0, 0.1) is 0 Å². The van der Waals surface area contributed by atoms with E-state index < -0.39 is 0 Å². The molecule has 0 aliphatic rings. The lowest BCUT2D eigenvalue weighted by atomic mass is 10.6. The van der Waals surface area contributed by atoms with Crippen molar-refractivity contribution in [2.24, 2.45) is 9.98 Å². The van der Waals surface area contributed by atoms with Crippen molar-refractivity contribution in [1.82, 2.24) is 9.97 Å². The summed E-state index contributed by atoms with van der Waals surface area (Å²) in [6, 6.07) is 0. The summed E-state index contributed by atoms with van der Waals surface area (Å²) < 4.78 is 0. The fourth-order valence-electron chi connectivity index (χ4n) is 0.606. The molecule has 8 heteroatoms. The maximum atomic E-state index is 9.95. The molecule has 0 fully saturated rings. The summed E-state index contributed by atoms with van der Waals surface area (Å²) in [5.74, 6) is -0.473. The van der Waals surface area contributed by atoms with Crippen LogP contribution in [0.3, 0.4) is 0 Å². The van der Waals surface area contributed by atoms with Gasteiger partial charge in [-0.3, -0.25) is 0 Å². The maximum Gasteiger partial charge on any atom is 0.264 e. The van der Waals surface area contributed by atoms with Crippen LogP contribution in [0.2, 0.25) is 10.2 Å². The molecule has 0 atom stereocenters. The first-order valence-corrected chi connectivity index (χ1v) is 3.83. The van der Waals surface area contributed by atoms with Crippen LogP contribution in [0.5, 0.6) is 0 Å². The molecule has 0 radical (unpaired) electrons. The molecule has 0 bridgehead atoms. The average Bonchev–Trinajstić information content (AvgIpc) is 2.14. The SMILES string of the molecule is O=C=Nc1nc(Cl)c(Cl)c(N=C=O)n1. The molecule has 1 aromatic rings. The molecule has 1 heterocycles. The Kier molecular flexibility index (Phi) is 3.45. The molecule has 6 nitrogen and oxygen atoms in total. The van der Waals surface area contributed by atoms with E-state index in [4.69, 9.17) is 23.2 Å². The molecule has 0 aliphatic carbocycles. The largest absolute Gasteiger partial charge is 0.264 e. The molecular formula is C6Cl2N4O2. The first-order chi connectivity index (χ1) is 6.69. The molecule has 0 saturated carbocycles. The molecule has 0 amide bonds. The quantitative estimate of drug-likeness (QED) is 0.440. The Hall–Kier alpha value is -1.58. The number of aliphatic imine (C=N–C) groups is 2. The summed E-state index contributed by atoms with van der Waals surface area (Å²) in [4.78, 5) is 33.1. The minimum absolute atomic E-state index is 0.111. The second-order valence-electron chi connectivity index (χ2n) is 1.86. The second-order valence-corrected chi connectivity index (χ2v) is 2.59. The summed E-state index contributed by atoms with van der Waals surface area (Å²) in [6.45, 7) is 0. The number of halogens is 2. The highest BCUT2D eigenvalue weighted by Gasteiger charge is 2.09. The molecule has 0 aromatic carbocycles. The zero-order valence-electron chi connectivity index (χ0n) is 6.36. The van der Waals surface area contributed by atoms with E-state index in [0.29, 0.717) is 0 Å². The van der Waals surface area contributed by atoms with Crippen molar-refractivity contribution in [3.8, 4) is 0 Å². The van der Waals surface area contributed by atoms with E-state index in [9.17, 15) is 9.59 Å². The minimum Gasteiger partial charge on any atom is -0.211 e. The van der Waals surface area contributed by atoms with Crippen molar-refractivity contribution in [3.63, 3.8) is 0 Å². The predicted molar refractivity (Wildman–Crippen MR) is 47.6 cm³/mol. The highest BCUT2D eigenvalue weighted by Crippen LogP contribution is 2.30. The van der Waals surface area contributed by atoms with Gasteiger partial charge < -0.3 is 0 Å². The Bertz CT molecular complexity index is 463. The van der Waals surface area contributed by atoms with Crippen molar-refractivity contribution < 1.29 is 9.59 Å². The predicted octanol–water partition coefficient (Wildman–Crippen LogP) is 1.72. The first-order valence-electron chi connectivity index (χ1n) is 3.08. The Morgan fingerprint density at radius 2 is 1.71 bits per heavy atom. The number of aromatic nitrogens is 2. The summed E-state index contributed by atoms with van der Waals surface area (Å²) in [7, 11) is 0.